The molecule has 0 spiro atoms. The van der Waals surface area contributed by atoms with Crippen molar-refractivity contribution >= 4 is 10.0 Å². The number of nitrogens with zero attached hydrogens (tertiary/aromatic N) is 2. The monoisotopic (exact) mass is 235 g/mol. The number of ether oxygens (including phenoxy) is 1. The van der Waals surface area contributed by atoms with Gasteiger partial charge in [0.05, 0.1) is 12.7 Å². The van der Waals surface area contributed by atoms with Crippen molar-refractivity contribution < 1.29 is 13.2 Å². The fourth-order valence-corrected chi connectivity index (χ4v) is 1.56. The normalized spacial score (nSPS) is 11.6. The number of methoxy groups -OCH3 is 1. The fourth-order valence-electron chi connectivity index (χ4n) is 0.887. The molecule has 0 aliphatic carbocycles. The summed E-state index contributed by atoms with van der Waals surface area (Å²) in [5.41, 5.74) is 0. The summed E-state index contributed by atoms with van der Waals surface area (Å²) < 4.78 is 29.3. The molecule has 0 rings (SSSR count). The molecule has 0 aromatic carbocycles. The van der Waals surface area contributed by atoms with Gasteiger partial charge < -0.3 is 9.64 Å². The molecular formula is C8H17N3O3S. The molecule has 0 aromatic heterocycles. The highest BCUT2D eigenvalue weighted by Gasteiger charge is 2.08. The van der Waals surface area contributed by atoms with E-state index in [-0.39, 0.29) is 0 Å². The fraction of sp³-hybridized carbons (Fsp3) is 0.875. The zero-order valence-electron chi connectivity index (χ0n) is 9.06. The van der Waals surface area contributed by atoms with Gasteiger partial charge in [-0.05, 0) is 7.05 Å². The average Bonchev–Trinajstić information content (AvgIpc) is 2.14. The maximum Gasteiger partial charge on any atom is 0.225 e. The zero-order chi connectivity index (χ0) is 11.7. The molecule has 0 fully saturated rings. The van der Waals surface area contributed by atoms with Crippen LogP contribution >= 0.6 is 0 Å². The maximum absolute atomic E-state index is 11.0. The molecule has 1 N–H and O–H groups in total. The van der Waals surface area contributed by atoms with Crippen LogP contribution in [0.5, 0.6) is 0 Å². The van der Waals surface area contributed by atoms with E-state index in [1.165, 1.54) is 0 Å². The molecule has 15 heavy (non-hydrogen) atoms. The lowest BCUT2D eigenvalue weighted by Crippen LogP contribution is -2.35. The Morgan fingerprint density at radius 3 is 2.67 bits per heavy atom. The summed E-state index contributed by atoms with van der Waals surface area (Å²) in [5.74, 6) is -0.491. The number of nitriles is 1. The van der Waals surface area contributed by atoms with E-state index in [0.717, 1.165) is 6.54 Å². The molecule has 7 heteroatoms. The van der Waals surface area contributed by atoms with Gasteiger partial charge in [0.25, 0.3) is 0 Å². The summed E-state index contributed by atoms with van der Waals surface area (Å²) in [6, 6.07) is 1.60. The predicted octanol–water partition coefficient (Wildman–Crippen LogP) is -0.992. The number of likely N-dealkylation sites (N-methyl/N-ethyl adjacent to an activating group) is 1. The highest BCUT2D eigenvalue weighted by Crippen LogP contribution is 1.84. The third-order valence-corrected chi connectivity index (χ3v) is 2.90. The van der Waals surface area contributed by atoms with Crippen LogP contribution in [0.4, 0.5) is 0 Å². The van der Waals surface area contributed by atoms with E-state index in [0.29, 0.717) is 19.7 Å². The summed E-state index contributed by atoms with van der Waals surface area (Å²) in [4.78, 5) is 1.94. The van der Waals surface area contributed by atoms with Gasteiger partial charge in [-0.1, -0.05) is 0 Å². The van der Waals surface area contributed by atoms with Gasteiger partial charge in [0.1, 0.15) is 0 Å². The molecule has 0 radical (unpaired) electrons. The second-order valence-corrected chi connectivity index (χ2v) is 4.91. The molecule has 88 valence electrons. The molecule has 0 amide bonds. The van der Waals surface area contributed by atoms with Crippen LogP contribution in [0.25, 0.3) is 0 Å². The SMILES string of the molecule is COCCN(C)CCNS(=O)(=O)CC#N. The standard InChI is InChI=1S/C8H17N3O3S/c1-11(6-7-14-2)5-4-10-15(12,13)8-3-9/h10H,4-8H2,1-2H3. The van der Waals surface area contributed by atoms with Crippen LogP contribution in [0, 0.1) is 11.3 Å². The van der Waals surface area contributed by atoms with Gasteiger partial charge in [0.2, 0.25) is 10.0 Å². The first-order valence-corrected chi connectivity index (χ1v) is 6.19. The highest BCUT2D eigenvalue weighted by molar-refractivity contribution is 7.89. The van der Waals surface area contributed by atoms with Crippen LogP contribution in [-0.2, 0) is 14.8 Å². The van der Waals surface area contributed by atoms with Gasteiger partial charge in [0, 0.05) is 26.7 Å². The second-order valence-electron chi connectivity index (χ2n) is 3.11. The lowest BCUT2D eigenvalue weighted by molar-refractivity contribution is 0.162. The third-order valence-electron chi connectivity index (χ3n) is 1.75. The van der Waals surface area contributed by atoms with Crippen molar-refractivity contribution in [2.24, 2.45) is 0 Å². The van der Waals surface area contributed by atoms with E-state index >= 15 is 0 Å². The van der Waals surface area contributed by atoms with E-state index in [2.05, 4.69) is 4.72 Å². The molecule has 0 aliphatic rings. The molecule has 0 heterocycles. The van der Waals surface area contributed by atoms with Crippen molar-refractivity contribution in [3.8, 4) is 6.07 Å². The Bertz CT molecular complexity index is 297. The summed E-state index contributed by atoms with van der Waals surface area (Å²) in [6.45, 7) is 2.26. The molecule has 0 aromatic rings. The minimum Gasteiger partial charge on any atom is -0.383 e. The molecule has 0 saturated heterocycles. The molecule has 6 nitrogen and oxygen atoms in total. The molecule has 0 atom stereocenters. The van der Waals surface area contributed by atoms with Crippen LogP contribution in [-0.4, -0.2) is 59.5 Å². The Labute approximate surface area is 90.9 Å². The van der Waals surface area contributed by atoms with Gasteiger partial charge in [-0.2, -0.15) is 5.26 Å². The van der Waals surface area contributed by atoms with E-state index in [1.54, 1.807) is 13.2 Å². The first-order chi connectivity index (χ1) is 7.02. The molecule has 0 unspecified atom stereocenters. The average molecular weight is 235 g/mol. The van der Waals surface area contributed by atoms with Crippen molar-refractivity contribution in [1.29, 1.82) is 5.26 Å². The summed E-state index contributed by atoms with van der Waals surface area (Å²) in [6.07, 6.45) is 0. The van der Waals surface area contributed by atoms with Gasteiger partial charge in [-0.3, -0.25) is 0 Å². The minimum absolute atomic E-state index is 0.310. The molecule has 0 saturated carbocycles. The van der Waals surface area contributed by atoms with Crippen LogP contribution in [0.1, 0.15) is 0 Å². The number of rotatable bonds is 8. The summed E-state index contributed by atoms with van der Waals surface area (Å²) in [5, 5.41) is 8.23. The quantitative estimate of drug-likeness (QED) is 0.584. The lowest BCUT2D eigenvalue weighted by Gasteiger charge is -2.15. The van der Waals surface area contributed by atoms with Crippen molar-refractivity contribution in [2.45, 2.75) is 0 Å². The number of sulfonamides is 1. The van der Waals surface area contributed by atoms with E-state index in [1.807, 2.05) is 11.9 Å². The van der Waals surface area contributed by atoms with E-state index < -0.39 is 15.8 Å². The highest BCUT2D eigenvalue weighted by atomic mass is 32.2. The zero-order valence-corrected chi connectivity index (χ0v) is 9.88. The summed E-state index contributed by atoms with van der Waals surface area (Å²) >= 11 is 0. The van der Waals surface area contributed by atoms with Crippen molar-refractivity contribution in [3.63, 3.8) is 0 Å². The number of hydrogen-bond acceptors (Lipinski definition) is 5. The smallest absolute Gasteiger partial charge is 0.225 e. The van der Waals surface area contributed by atoms with Crippen molar-refractivity contribution in [3.05, 3.63) is 0 Å². The van der Waals surface area contributed by atoms with Gasteiger partial charge in [-0.25, -0.2) is 13.1 Å². The molecular weight excluding hydrogens is 218 g/mol. The molecule has 0 bridgehead atoms. The minimum atomic E-state index is -3.42. The van der Waals surface area contributed by atoms with Gasteiger partial charge in [0.15, 0.2) is 5.75 Å². The Morgan fingerprint density at radius 1 is 1.47 bits per heavy atom. The second kappa shape index (κ2) is 7.59. The number of nitrogens with one attached hydrogen (secondary N) is 1. The Hall–Kier alpha value is -0.680. The van der Waals surface area contributed by atoms with Crippen LogP contribution in [0.15, 0.2) is 0 Å². The van der Waals surface area contributed by atoms with Crippen molar-refractivity contribution in [1.82, 2.24) is 9.62 Å². The largest absolute Gasteiger partial charge is 0.383 e. The van der Waals surface area contributed by atoms with E-state index in [9.17, 15) is 8.42 Å². The Kier molecular flexibility index (Phi) is 7.25. The third kappa shape index (κ3) is 8.32. The first-order valence-electron chi connectivity index (χ1n) is 4.53. The maximum atomic E-state index is 11.0. The van der Waals surface area contributed by atoms with E-state index in [4.69, 9.17) is 10.00 Å². The Morgan fingerprint density at radius 2 is 2.13 bits per heavy atom. The van der Waals surface area contributed by atoms with Crippen LogP contribution < -0.4 is 4.72 Å². The number of hydrogen-bond donors (Lipinski definition) is 1. The first kappa shape index (κ1) is 14.3. The topological polar surface area (TPSA) is 82.4 Å². The Balaban J connectivity index is 3.66. The van der Waals surface area contributed by atoms with Crippen LogP contribution in [0.2, 0.25) is 0 Å². The predicted molar refractivity (Wildman–Crippen MR) is 56.8 cm³/mol. The van der Waals surface area contributed by atoms with Crippen LogP contribution in [0.3, 0.4) is 0 Å². The lowest BCUT2D eigenvalue weighted by atomic mass is 10.5. The van der Waals surface area contributed by atoms with Gasteiger partial charge in [-0.15, -0.1) is 0 Å². The molecule has 0 aliphatic heterocycles. The summed E-state index contributed by atoms with van der Waals surface area (Å²) in [7, 11) is 0.0703. The van der Waals surface area contributed by atoms with Crippen molar-refractivity contribution in [2.75, 3.05) is 46.2 Å². The van der Waals surface area contributed by atoms with Gasteiger partial charge >= 0.3 is 0 Å².